The molecule has 0 unspecified atom stereocenters. The Bertz CT molecular complexity index is 1130. The molecule has 2 nitrogen and oxygen atoms in total. The minimum atomic E-state index is -0.0738. The zero-order valence-electron chi connectivity index (χ0n) is 12.7. The molecule has 0 bridgehead atoms. The number of hydrogen-bond acceptors (Lipinski definition) is 2. The van der Waals surface area contributed by atoms with Crippen molar-refractivity contribution in [3.63, 3.8) is 0 Å². The summed E-state index contributed by atoms with van der Waals surface area (Å²) in [6, 6.07) is 19.3. The molecule has 24 heavy (non-hydrogen) atoms. The van der Waals surface area contributed by atoms with Crippen LogP contribution in [0.5, 0.6) is 0 Å². The van der Waals surface area contributed by atoms with Crippen LogP contribution in [0.2, 0.25) is 0 Å². The van der Waals surface area contributed by atoms with Gasteiger partial charge in [-0.2, -0.15) is 0 Å². The lowest BCUT2D eigenvalue weighted by atomic mass is 9.78. The molecule has 0 spiro atoms. The first-order valence-electron chi connectivity index (χ1n) is 7.87. The van der Waals surface area contributed by atoms with E-state index in [9.17, 15) is 9.59 Å². The van der Waals surface area contributed by atoms with Gasteiger partial charge >= 0.3 is 0 Å². The predicted molar refractivity (Wildman–Crippen MR) is 95.0 cm³/mol. The highest BCUT2D eigenvalue weighted by atomic mass is 16.1. The van der Waals surface area contributed by atoms with Crippen LogP contribution in [-0.4, -0.2) is 11.6 Å². The lowest BCUT2D eigenvalue weighted by Crippen LogP contribution is -2.21. The van der Waals surface area contributed by atoms with E-state index in [1.165, 1.54) is 0 Å². The van der Waals surface area contributed by atoms with Crippen molar-refractivity contribution in [2.45, 2.75) is 0 Å². The Morgan fingerprint density at radius 2 is 1.12 bits per heavy atom. The molecule has 0 saturated heterocycles. The standard InChI is InChI=1S/C22H12O2/c23-21-17-8-4-3-7-15(17)11-19-20(21)12-16-9-13-5-1-2-6-14(13)10-18(16)22(19)24/h1-12H. The number of carbonyl (C=O) groups is 2. The van der Waals surface area contributed by atoms with Gasteiger partial charge < -0.3 is 0 Å². The number of carbonyl (C=O) groups excluding carboxylic acids is 2. The molecular weight excluding hydrogens is 296 g/mol. The average Bonchev–Trinajstić information content (AvgIpc) is 2.62. The van der Waals surface area contributed by atoms with E-state index in [0.717, 1.165) is 21.9 Å². The summed E-state index contributed by atoms with van der Waals surface area (Å²) in [7, 11) is 0. The number of hydrogen-bond donors (Lipinski definition) is 0. The SMILES string of the molecule is O=C1C2=Cc3cc4ccccc4cc3C(=O)C2=Cc2ccccc21. The summed E-state index contributed by atoms with van der Waals surface area (Å²) in [5.41, 5.74) is 3.95. The topological polar surface area (TPSA) is 34.1 Å². The van der Waals surface area contributed by atoms with Crippen LogP contribution in [0.15, 0.2) is 71.8 Å². The predicted octanol–water partition coefficient (Wildman–Crippen LogP) is 4.70. The summed E-state index contributed by atoms with van der Waals surface area (Å²) in [6.45, 7) is 0. The average molecular weight is 308 g/mol. The molecule has 0 aromatic heterocycles. The van der Waals surface area contributed by atoms with Gasteiger partial charge in [-0.25, -0.2) is 0 Å². The highest BCUT2D eigenvalue weighted by Crippen LogP contribution is 2.37. The molecule has 0 N–H and O–H groups in total. The van der Waals surface area contributed by atoms with Crippen LogP contribution >= 0.6 is 0 Å². The monoisotopic (exact) mass is 308 g/mol. The Hall–Kier alpha value is -3.26. The number of benzene rings is 3. The quantitative estimate of drug-likeness (QED) is 0.603. The Balaban J connectivity index is 1.81. The van der Waals surface area contributed by atoms with Gasteiger partial charge in [-0.1, -0.05) is 48.5 Å². The molecule has 0 amide bonds. The van der Waals surface area contributed by atoms with E-state index in [2.05, 4.69) is 0 Å². The fourth-order valence-electron chi connectivity index (χ4n) is 3.54. The van der Waals surface area contributed by atoms with Gasteiger partial charge in [0.15, 0.2) is 11.6 Å². The molecule has 3 aromatic carbocycles. The number of rotatable bonds is 0. The third kappa shape index (κ3) is 1.71. The van der Waals surface area contributed by atoms with E-state index in [4.69, 9.17) is 0 Å². The Morgan fingerprint density at radius 1 is 0.542 bits per heavy atom. The van der Waals surface area contributed by atoms with Gasteiger partial charge in [0.05, 0.1) is 0 Å². The normalized spacial score (nSPS) is 15.3. The Morgan fingerprint density at radius 3 is 1.92 bits per heavy atom. The first kappa shape index (κ1) is 13.2. The zero-order valence-corrected chi connectivity index (χ0v) is 12.7. The lowest BCUT2D eigenvalue weighted by Gasteiger charge is -2.23. The maximum atomic E-state index is 13.0. The van der Waals surface area contributed by atoms with Crippen molar-refractivity contribution in [1.29, 1.82) is 0 Å². The lowest BCUT2D eigenvalue weighted by molar-refractivity contribution is 0.0995. The Kier molecular flexibility index (Phi) is 2.54. The molecule has 0 atom stereocenters. The largest absolute Gasteiger partial charge is 0.289 e. The number of ketones is 2. The van der Waals surface area contributed by atoms with Gasteiger partial charge in [0.1, 0.15) is 0 Å². The van der Waals surface area contributed by atoms with Gasteiger partial charge in [-0.3, -0.25) is 9.59 Å². The summed E-state index contributed by atoms with van der Waals surface area (Å²) in [4.78, 5) is 25.8. The van der Waals surface area contributed by atoms with Gasteiger partial charge in [0, 0.05) is 22.3 Å². The van der Waals surface area contributed by atoms with Crippen LogP contribution in [0.25, 0.3) is 22.9 Å². The van der Waals surface area contributed by atoms with Gasteiger partial charge in [0.25, 0.3) is 0 Å². The third-order valence-corrected chi connectivity index (χ3v) is 4.75. The van der Waals surface area contributed by atoms with Crippen molar-refractivity contribution >= 4 is 34.5 Å². The summed E-state index contributed by atoms with van der Waals surface area (Å²) in [5.74, 6) is -0.147. The molecule has 2 heteroatoms. The van der Waals surface area contributed by atoms with E-state index >= 15 is 0 Å². The molecule has 0 aliphatic heterocycles. The van der Waals surface area contributed by atoms with Crippen molar-refractivity contribution in [3.8, 4) is 0 Å². The summed E-state index contributed by atoms with van der Waals surface area (Å²) >= 11 is 0. The summed E-state index contributed by atoms with van der Waals surface area (Å²) in [6.07, 6.45) is 3.69. The van der Waals surface area contributed by atoms with E-state index in [1.807, 2.05) is 72.8 Å². The first-order chi connectivity index (χ1) is 11.7. The highest BCUT2D eigenvalue weighted by Gasteiger charge is 2.32. The smallest absolute Gasteiger partial charge is 0.194 e. The van der Waals surface area contributed by atoms with Crippen LogP contribution in [0, 0.1) is 0 Å². The minimum Gasteiger partial charge on any atom is -0.289 e. The van der Waals surface area contributed by atoms with E-state index in [-0.39, 0.29) is 11.6 Å². The number of Topliss-reactive ketones (excluding diaryl/α,β-unsaturated/α-hetero) is 2. The molecule has 2 aliphatic rings. The first-order valence-corrected chi connectivity index (χ1v) is 7.87. The number of fused-ring (bicyclic) bond motifs is 4. The highest BCUT2D eigenvalue weighted by molar-refractivity contribution is 6.32. The minimum absolute atomic E-state index is 0.0730. The molecule has 0 heterocycles. The van der Waals surface area contributed by atoms with Crippen molar-refractivity contribution in [3.05, 3.63) is 94.1 Å². The molecule has 3 aromatic rings. The molecule has 0 saturated carbocycles. The fraction of sp³-hybridized carbons (Fsp3) is 0. The summed E-state index contributed by atoms with van der Waals surface area (Å²) < 4.78 is 0. The van der Waals surface area contributed by atoms with E-state index in [1.54, 1.807) is 0 Å². The maximum Gasteiger partial charge on any atom is 0.194 e. The van der Waals surface area contributed by atoms with Crippen molar-refractivity contribution < 1.29 is 9.59 Å². The molecule has 0 radical (unpaired) electrons. The maximum absolute atomic E-state index is 13.0. The number of allylic oxidation sites excluding steroid dienone is 2. The van der Waals surface area contributed by atoms with E-state index < -0.39 is 0 Å². The van der Waals surface area contributed by atoms with Crippen molar-refractivity contribution in [2.24, 2.45) is 0 Å². The van der Waals surface area contributed by atoms with Crippen LogP contribution in [0.3, 0.4) is 0 Å². The second kappa shape index (κ2) is 4.62. The van der Waals surface area contributed by atoms with Gasteiger partial charge in [-0.15, -0.1) is 0 Å². The third-order valence-electron chi connectivity index (χ3n) is 4.75. The van der Waals surface area contributed by atoms with Crippen LogP contribution in [0.1, 0.15) is 31.8 Å². The zero-order chi connectivity index (χ0) is 16.3. The second-order valence-corrected chi connectivity index (χ2v) is 6.15. The van der Waals surface area contributed by atoms with Crippen molar-refractivity contribution in [1.82, 2.24) is 0 Å². The van der Waals surface area contributed by atoms with Crippen LogP contribution in [-0.2, 0) is 0 Å². The second-order valence-electron chi connectivity index (χ2n) is 6.15. The van der Waals surface area contributed by atoms with Gasteiger partial charge in [0.2, 0.25) is 0 Å². The molecule has 112 valence electrons. The summed E-state index contributed by atoms with van der Waals surface area (Å²) in [5, 5.41) is 2.10. The van der Waals surface area contributed by atoms with Crippen molar-refractivity contribution in [2.75, 3.05) is 0 Å². The van der Waals surface area contributed by atoms with E-state index in [0.29, 0.717) is 22.3 Å². The molecular formula is C22H12O2. The molecule has 5 rings (SSSR count). The van der Waals surface area contributed by atoms with Crippen LogP contribution in [0.4, 0.5) is 0 Å². The van der Waals surface area contributed by atoms with Gasteiger partial charge in [-0.05, 0) is 46.2 Å². The van der Waals surface area contributed by atoms with Crippen LogP contribution < -0.4 is 0 Å². The fourth-order valence-corrected chi connectivity index (χ4v) is 3.54. The Labute approximate surface area is 138 Å². The molecule has 0 fully saturated rings. The molecule has 2 aliphatic carbocycles.